The fourth-order valence-corrected chi connectivity index (χ4v) is 2.51. The van der Waals surface area contributed by atoms with E-state index in [1.54, 1.807) is 24.3 Å². The Morgan fingerprint density at radius 2 is 1.91 bits per heavy atom. The first-order chi connectivity index (χ1) is 10.7. The third-order valence-corrected chi connectivity index (χ3v) is 3.92. The lowest BCUT2D eigenvalue weighted by Crippen LogP contribution is -2.11. The molecule has 5 heteroatoms. The van der Waals surface area contributed by atoms with Crippen LogP contribution in [0.2, 0.25) is 0 Å². The Balaban J connectivity index is 2.18. The van der Waals surface area contributed by atoms with E-state index >= 15 is 0 Å². The van der Waals surface area contributed by atoms with E-state index in [2.05, 4.69) is 32.0 Å². The van der Waals surface area contributed by atoms with Gasteiger partial charge in [0.05, 0.1) is 16.5 Å². The van der Waals surface area contributed by atoms with Gasteiger partial charge in [-0.25, -0.2) is 4.98 Å². The first kappa shape index (κ1) is 14.2. The molecule has 1 N–H and O–H groups in total. The van der Waals surface area contributed by atoms with Gasteiger partial charge in [0.15, 0.2) is 5.82 Å². The molecule has 0 saturated heterocycles. The number of aromatic amines is 1. The number of halogens is 1. The molecule has 0 aliphatic heterocycles. The lowest BCUT2D eigenvalue weighted by atomic mass is 10.1. The number of nitrogens with zero attached hydrogens (tertiary/aromatic N) is 2. The molecule has 0 atom stereocenters. The summed E-state index contributed by atoms with van der Waals surface area (Å²) in [7, 11) is 0. The average Bonchev–Trinajstić information content (AvgIpc) is 2.54. The van der Waals surface area contributed by atoms with Gasteiger partial charge in [0.2, 0.25) is 0 Å². The summed E-state index contributed by atoms with van der Waals surface area (Å²) in [4.78, 5) is 19.1. The van der Waals surface area contributed by atoms with Crippen LogP contribution in [-0.2, 0) is 0 Å². The third kappa shape index (κ3) is 2.69. The number of benzene rings is 2. The highest BCUT2D eigenvalue weighted by Gasteiger charge is 2.08. The Bertz CT molecular complexity index is 983. The molecule has 0 radical (unpaired) electrons. The summed E-state index contributed by atoms with van der Waals surface area (Å²) >= 11 is 3.43. The van der Waals surface area contributed by atoms with E-state index in [0.29, 0.717) is 16.5 Å². The summed E-state index contributed by atoms with van der Waals surface area (Å²) in [6, 6.07) is 16.7. The van der Waals surface area contributed by atoms with E-state index in [0.717, 1.165) is 10.0 Å². The number of para-hydroxylation sites is 1. The van der Waals surface area contributed by atoms with Crippen molar-refractivity contribution >= 4 is 38.5 Å². The fourth-order valence-electron chi connectivity index (χ4n) is 2.12. The maximum Gasteiger partial charge on any atom is 0.259 e. The molecule has 0 bridgehead atoms. The standard InChI is InChI=1S/C17H10BrN3O/c18-14-7-3-1-5-11(14)9-12(10-19)16-20-15-8-4-2-6-13(15)17(22)21-16/h1-9H,(H,20,21,22). The van der Waals surface area contributed by atoms with Crippen molar-refractivity contribution in [3.05, 3.63) is 74.7 Å². The number of allylic oxidation sites excluding steroid dienone is 1. The normalized spacial score (nSPS) is 11.4. The molecule has 3 aromatic rings. The second kappa shape index (κ2) is 5.96. The van der Waals surface area contributed by atoms with Gasteiger partial charge in [-0.2, -0.15) is 5.26 Å². The number of nitriles is 1. The Kier molecular flexibility index (Phi) is 3.86. The van der Waals surface area contributed by atoms with Crippen LogP contribution in [0.4, 0.5) is 0 Å². The molecule has 0 aliphatic rings. The Labute approximate surface area is 134 Å². The zero-order valence-electron chi connectivity index (χ0n) is 11.4. The van der Waals surface area contributed by atoms with Crippen molar-refractivity contribution in [3.63, 3.8) is 0 Å². The van der Waals surface area contributed by atoms with Crippen molar-refractivity contribution in [1.82, 2.24) is 9.97 Å². The van der Waals surface area contributed by atoms with Gasteiger partial charge in [0, 0.05) is 4.47 Å². The quantitative estimate of drug-likeness (QED) is 0.714. The van der Waals surface area contributed by atoms with E-state index in [1.165, 1.54) is 0 Å². The van der Waals surface area contributed by atoms with E-state index in [9.17, 15) is 10.1 Å². The van der Waals surface area contributed by atoms with Crippen LogP contribution in [0.1, 0.15) is 11.4 Å². The molecule has 1 heterocycles. The predicted molar refractivity (Wildman–Crippen MR) is 90.0 cm³/mol. The van der Waals surface area contributed by atoms with Crippen LogP contribution in [0.5, 0.6) is 0 Å². The highest BCUT2D eigenvalue weighted by molar-refractivity contribution is 9.10. The number of nitrogens with one attached hydrogen (secondary N) is 1. The lowest BCUT2D eigenvalue weighted by Gasteiger charge is -2.03. The minimum absolute atomic E-state index is 0.256. The van der Waals surface area contributed by atoms with Crippen molar-refractivity contribution in [2.24, 2.45) is 0 Å². The van der Waals surface area contributed by atoms with Gasteiger partial charge in [-0.15, -0.1) is 0 Å². The molecule has 4 nitrogen and oxygen atoms in total. The van der Waals surface area contributed by atoms with Crippen LogP contribution >= 0.6 is 15.9 Å². The fraction of sp³-hybridized carbons (Fsp3) is 0. The van der Waals surface area contributed by atoms with Crippen molar-refractivity contribution in [1.29, 1.82) is 5.26 Å². The zero-order chi connectivity index (χ0) is 15.5. The molecular formula is C17H10BrN3O. The van der Waals surface area contributed by atoms with Gasteiger partial charge in [-0.1, -0.05) is 46.3 Å². The molecule has 2 aromatic carbocycles. The van der Waals surface area contributed by atoms with Crippen molar-refractivity contribution in [3.8, 4) is 6.07 Å². The number of hydrogen-bond donors (Lipinski definition) is 1. The van der Waals surface area contributed by atoms with Crippen molar-refractivity contribution < 1.29 is 0 Å². The molecule has 1 aromatic heterocycles. The first-order valence-corrected chi connectivity index (χ1v) is 7.34. The van der Waals surface area contributed by atoms with Crippen molar-refractivity contribution in [2.45, 2.75) is 0 Å². The molecule has 0 aliphatic carbocycles. The minimum Gasteiger partial charge on any atom is -0.305 e. The highest BCUT2D eigenvalue weighted by Crippen LogP contribution is 2.21. The van der Waals surface area contributed by atoms with Gasteiger partial charge < -0.3 is 4.98 Å². The van der Waals surface area contributed by atoms with Gasteiger partial charge in [-0.3, -0.25) is 4.79 Å². The van der Waals surface area contributed by atoms with Crippen LogP contribution in [0.3, 0.4) is 0 Å². The summed E-state index contributed by atoms with van der Waals surface area (Å²) in [6.45, 7) is 0. The molecule has 3 rings (SSSR count). The summed E-state index contributed by atoms with van der Waals surface area (Å²) in [5, 5.41) is 9.90. The SMILES string of the molecule is N#CC(=Cc1ccccc1Br)c1nc2ccccc2c(=O)[nH]1. The second-order valence-electron chi connectivity index (χ2n) is 4.62. The number of hydrogen-bond acceptors (Lipinski definition) is 3. The van der Waals surface area contributed by atoms with E-state index in [1.807, 2.05) is 30.3 Å². The minimum atomic E-state index is -0.256. The maximum absolute atomic E-state index is 12.1. The predicted octanol–water partition coefficient (Wildman–Crippen LogP) is 3.75. The number of fused-ring (bicyclic) bond motifs is 1. The Hall–Kier alpha value is -2.71. The Morgan fingerprint density at radius 3 is 2.68 bits per heavy atom. The lowest BCUT2D eigenvalue weighted by molar-refractivity contribution is 1.13. The van der Waals surface area contributed by atoms with Crippen LogP contribution in [0, 0.1) is 11.3 Å². The van der Waals surface area contributed by atoms with Gasteiger partial charge in [0.25, 0.3) is 5.56 Å². The molecular weight excluding hydrogens is 342 g/mol. The molecule has 0 fully saturated rings. The van der Waals surface area contributed by atoms with Gasteiger partial charge >= 0.3 is 0 Å². The van der Waals surface area contributed by atoms with Gasteiger partial charge in [-0.05, 0) is 29.8 Å². The highest BCUT2D eigenvalue weighted by atomic mass is 79.9. The second-order valence-corrected chi connectivity index (χ2v) is 5.48. The molecule has 22 heavy (non-hydrogen) atoms. The summed E-state index contributed by atoms with van der Waals surface area (Å²) in [5.41, 5.74) is 1.45. The molecule has 0 spiro atoms. The van der Waals surface area contributed by atoms with Crippen LogP contribution in [0.25, 0.3) is 22.6 Å². The summed E-state index contributed by atoms with van der Waals surface area (Å²) in [5.74, 6) is 0.266. The molecule has 0 unspecified atom stereocenters. The maximum atomic E-state index is 12.1. The molecule has 0 saturated carbocycles. The zero-order valence-corrected chi connectivity index (χ0v) is 13.0. The largest absolute Gasteiger partial charge is 0.305 e. The molecule has 106 valence electrons. The average molecular weight is 352 g/mol. The third-order valence-electron chi connectivity index (χ3n) is 3.19. The number of aromatic nitrogens is 2. The number of H-pyrrole nitrogens is 1. The number of rotatable bonds is 2. The summed E-state index contributed by atoms with van der Waals surface area (Å²) < 4.78 is 0.867. The van der Waals surface area contributed by atoms with Crippen LogP contribution in [-0.4, -0.2) is 9.97 Å². The van der Waals surface area contributed by atoms with Crippen molar-refractivity contribution in [2.75, 3.05) is 0 Å². The van der Waals surface area contributed by atoms with Gasteiger partial charge in [0.1, 0.15) is 6.07 Å². The van der Waals surface area contributed by atoms with E-state index in [-0.39, 0.29) is 11.4 Å². The van der Waals surface area contributed by atoms with E-state index in [4.69, 9.17) is 0 Å². The van der Waals surface area contributed by atoms with Crippen LogP contribution in [0.15, 0.2) is 57.8 Å². The monoisotopic (exact) mass is 351 g/mol. The van der Waals surface area contributed by atoms with E-state index < -0.39 is 0 Å². The smallest absolute Gasteiger partial charge is 0.259 e. The molecule has 0 amide bonds. The topological polar surface area (TPSA) is 69.5 Å². The Morgan fingerprint density at radius 1 is 1.18 bits per heavy atom. The first-order valence-electron chi connectivity index (χ1n) is 6.55. The van der Waals surface area contributed by atoms with Crippen LogP contribution < -0.4 is 5.56 Å². The summed E-state index contributed by atoms with van der Waals surface area (Å²) in [6.07, 6.45) is 1.69.